The molecule has 1 aliphatic heterocycles. The van der Waals surface area contributed by atoms with Gasteiger partial charge < -0.3 is 20.1 Å². The van der Waals surface area contributed by atoms with E-state index in [-0.39, 0.29) is 12.7 Å². The van der Waals surface area contributed by atoms with Gasteiger partial charge in [0.1, 0.15) is 5.60 Å². The molecule has 2 rings (SSSR count). The van der Waals surface area contributed by atoms with Gasteiger partial charge in [-0.1, -0.05) is 13.3 Å². The Morgan fingerprint density at radius 2 is 2.00 bits per heavy atom. The van der Waals surface area contributed by atoms with Crippen molar-refractivity contribution < 1.29 is 14.6 Å². The summed E-state index contributed by atoms with van der Waals surface area (Å²) in [6, 6.07) is 0.555. The topological polar surface area (TPSA) is 61.8 Å². The van der Waals surface area contributed by atoms with Gasteiger partial charge in [0.2, 0.25) is 0 Å². The number of carbonyl (C=O) groups excluding carboxylic acids is 1. The fourth-order valence-corrected chi connectivity index (χ4v) is 4.18. The van der Waals surface area contributed by atoms with Gasteiger partial charge in [-0.2, -0.15) is 0 Å². The highest BCUT2D eigenvalue weighted by molar-refractivity contribution is 5.68. The molecule has 0 aromatic carbocycles. The molecule has 2 aliphatic rings. The first-order valence-electron chi connectivity index (χ1n) is 9.58. The van der Waals surface area contributed by atoms with E-state index in [0.717, 1.165) is 38.9 Å². The van der Waals surface area contributed by atoms with E-state index in [2.05, 4.69) is 12.2 Å². The van der Waals surface area contributed by atoms with Crippen LogP contribution in [0.25, 0.3) is 0 Å². The highest BCUT2D eigenvalue weighted by Gasteiger charge is 2.45. The van der Waals surface area contributed by atoms with Gasteiger partial charge in [0.25, 0.3) is 0 Å². The smallest absolute Gasteiger partial charge is 0.410 e. The Labute approximate surface area is 147 Å². The van der Waals surface area contributed by atoms with E-state index in [4.69, 9.17) is 9.84 Å². The zero-order chi connectivity index (χ0) is 17.8. The van der Waals surface area contributed by atoms with Crippen LogP contribution in [0.4, 0.5) is 4.79 Å². The van der Waals surface area contributed by atoms with Gasteiger partial charge in [-0.25, -0.2) is 4.79 Å². The maximum atomic E-state index is 12.2. The molecule has 0 radical (unpaired) electrons. The molecular formula is C19H36N2O3. The molecule has 1 spiro atoms. The van der Waals surface area contributed by atoms with Crippen LogP contribution in [0, 0.1) is 11.3 Å². The summed E-state index contributed by atoms with van der Waals surface area (Å²) in [5, 5.41) is 12.8. The van der Waals surface area contributed by atoms with Crippen LogP contribution in [0.1, 0.15) is 66.2 Å². The van der Waals surface area contributed by atoms with Crippen LogP contribution in [0.3, 0.4) is 0 Å². The van der Waals surface area contributed by atoms with Gasteiger partial charge in [0.05, 0.1) is 0 Å². The van der Waals surface area contributed by atoms with Crippen molar-refractivity contribution in [2.75, 3.05) is 26.2 Å². The summed E-state index contributed by atoms with van der Waals surface area (Å²) in [6.45, 7) is 10.8. The molecule has 5 nitrogen and oxygen atoms in total. The zero-order valence-electron chi connectivity index (χ0n) is 15.9. The quantitative estimate of drug-likeness (QED) is 0.807. The molecule has 0 bridgehead atoms. The van der Waals surface area contributed by atoms with E-state index in [1.54, 1.807) is 0 Å². The minimum absolute atomic E-state index is 0.170. The number of nitrogens with zero attached hydrogens (tertiary/aromatic N) is 1. The predicted molar refractivity (Wildman–Crippen MR) is 96.0 cm³/mol. The van der Waals surface area contributed by atoms with Crippen molar-refractivity contribution in [3.63, 3.8) is 0 Å². The van der Waals surface area contributed by atoms with Crippen LogP contribution in [0.5, 0.6) is 0 Å². The number of nitrogens with one attached hydrogen (secondary N) is 1. The van der Waals surface area contributed by atoms with Gasteiger partial charge in [-0.3, -0.25) is 0 Å². The number of carbonyl (C=O) groups is 1. The second-order valence-electron chi connectivity index (χ2n) is 8.80. The van der Waals surface area contributed by atoms with Gasteiger partial charge >= 0.3 is 6.09 Å². The van der Waals surface area contributed by atoms with Crippen molar-refractivity contribution in [2.24, 2.45) is 11.3 Å². The van der Waals surface area contributed by atoms with Gasteiger partial charge in [0.15, 0.2) is 0 Å². The van der Waals surface area contributed by atoms with Crippen molar-refractivity contribution in [1.82, 2.24) is 10.2 Å². The van der Waals surface area contributed by atoms with Crippen molar-refractivity contribution in [2.45, 2.75) is 77.9 Å². The molecule has 1 heterocycles. The van der Waals surface area contributed by atoms with Crippen LogP contribution in [0.2, 0.25) is 0 Å². The molecule has 2 fully saturated rings. The van der Waals surface area contributed by atoms with Crippen LogP contribution < -0.4 is 5.32 Å². The zero-order valence-corrected chi connectivity index (χ0v) is 15.9. The summed E-state index contributed by atoms with van der Waals surface area (Å²) in [7, 11) is 0. The average Bonchev–Trinajstić information content (AvgIpc) is 2.87. The maximum Gasteiger partial charge on any atom is 0.410 e. The van der Waals surface area contributed by atoms with Gasteiger partial charge in [-0.05, 0) is 70.8 Å². The fraction of sp³-hybridized carbons (Fsp3) is 0.947. The van der Waals surface area contributed by atoms with Crippen molar-refractivity contribution in [3.05, 3.63) is 0 Å². The third-order valence-electron chi connectivity index (χ3n) is 5.65. The standard InChI is InChI=1S/C19H36N2O3/c1-15(7-13-22)14-20-16-6-5-8-19(16)9-11-21(12-10-19)17(23)24-18(2,3)4/h15-16,20,22H,5-14H2,1-4H3. The van der Waals surface area contributed by atoms with E-state index >= 15 is 0 Å². The molecule has 140 valence electrons. The summed E-state index contributed by atoms with van der Waals surface area (Å²) in [5.41, 5.74) is -0.0794. The largest absolute Gasteiger partial charge is 0.444 e. The van der Waals surface area contributed by atoms with Crippen LogP contribution in [-0.4, -0.2) is 54.0 Å². The lowest BCUT2D eigenvalue weighted by atomic mass is 9.74. The molecule has 2 N–H and O–H groups in total. The van der Waals surface area contributed by atoms with Crippen LogP contribution in [-0.2, 0) is 4.74 Å². The molecule has 1 saturated carbocycles. The molecule has 1 amide bonds. The van der Waals surface area contributed by atoms with Crippen molar-refractivity contribution >= 4 is 6.09 Å². The highest BCUT2D eigenvalue weighted by Crippen LogP contribution is 2.46. The maximum absolute atomic E-state index is 12.2. The Bertz CT molecular complexity index is 411. The predicted octanol–water partition coefficient (Wildman–Crippen LogP) is 3.16. The first-order chi connectivity index (χ1) is 11.3. The summed E-state index contributed by atoms with van der Waals surface area (Å²) in [4.78, 5) is 14.1. The number of hydrogen-bond acceptors (Lipinski definition) is 4. The van der Waals surface area contributed by atoms with E-state index < -0.39 is 5.60 Å². The molecule has 5 heteroatoms. The Morgan fingerprint density at radius 3 is 2.58 bits per heavy atom. The van der Waals surface area contributed by atoms with Crippen LogP contribution >= 0.6 is 0 Å². The Kier molecular flexibility index (Phi) is 6.54. The molecule has 1 aliphatic carbocycles. The third-order valence-corrected chi connectivity index (χ3v) is 5.65. The minimum Gasteiger partial charge on any atom is -0.444 e. The summed E-state index contributed by atoms with van der Waals surface area (Å²) < 4.78 is 5.51. The average molecular weight is 341 g/mol. The van der Waals surface area contributed by atoms with E-state index in [9.17, 15) is 4.79 Å². The number of aliphatic hydroxyl groups excluding tert-OH is 1. The van der Waals surface area contributed by atoms with Gasteiger partial charge in [0, 0.05) is 25.7 Å². The molecule has 2 atom stereocenters. The number of aliphatic hydroxyl groups is 1. The Morgan fingerprint density at radius 1 is 1.33 bits per heavy atom. The molecule has 2 unspecified atom stereocenters. The normalized spacial score (nSPS) is 25.0. The number of ether oxygens (including phenoxy) is 1. The van der Waals surface area contributed by atoms with Crippen LogP contribution in [0.15, 0.2) is 0 Å². The molecule has 0 aromatic heterocycles. The molecule has 24 heavy (non-hydrogen) atoms. The Hall–Kier alpha value is -0.810. The van der Waals surface area contributed by atoms with E-state index in [1.165, 1.54) is 19.3 Å². The van der Waals surface area contributed by atoms with E-state index in [1.807, 2.05) is 25.7 Å². The second kappa shape index (κ2) is 8.05. The molecule has 0 aromatic rings. The SMILES string of the molecule is CC(CCO)CNC1CCCC12CCN(C(=O)OC(C)(C)C)CC2. The number of rotatable bonds is 5. The number of hydrogen-bond donors (Lipinski definition) is 2. The summed E-state index contributed by atoms with van der Waals surface area (Å²) in [6.07, 6.45) is 6.60. The highest BCUT2D eigenvalue weighted by atomic mass is 16.6. The summed E-state index contributed by atoms with van der Waals surface area (Å²) in [5.74, 6) is 0.509. The fourth-order valence-electron chi connectivity index (χ4n) is 4.18. The minimum atomic E-state index is -0.424. The lowest BCUT2D eigenvalue weighted by Crippen LogP contribution is -2.51. The number of piperidine rings is 1. The molecular weight excluding hydrogens is 304 g/mol. The number of likely N-dealkylation sites (tertiary alicyclic amines) is 1. The second-order valence-corrected chi connectivity index (χ2v) is 8.80. The van der Waals surface area contributed by atoms with Crippen molar-refractivity contribution in [3.8, 4) is 0 Å². The van der Waals surface area contributed by atoms with E-state index in [0.29, 0.717) is 17.4 Å². The summed E-state index contributed by atoms with van der Waals surface area (Å²) >= 11 is 0. The first kappa shape index (κ1) is 19.5. The van der Waals surface area contributed by atoms with Crippen molar-refractivity contribution in [1.29, 1.82) is 0 Å². The third kappa shape index (κ3) is 5.09. The number of amides is 1. The van der Waals surface area contributed by atoms with Gasteiger partial charge in [-0.15, -0.1) is 0 Å². The lowest BCUT2D eigenvalue weighted by molar-refractivity contribution is 0.00711. The Balaban J connectivity index is 1.85. The monoisotopic (exact) mass is 340 g/mol. The lowest BCUT2D eigenvalue weighted by Gasteiger charge is -2.43. The first-order valence-corrected chi connectivity index (χ1v) is 9.58. The molecule has 1 saturated heterocycles.